The van der Waals surface area contributed by atoms with E-state index in [1.54, 1.807) is 6.20 Å². The SMILES string of the molecule is CN(C)c1ccc(C(=O)N2CCN(C3CCSCC3)CC2)cn1. The fourth-order valence-electron chi connectivity index (χ4n) is 3.30. The van der Waals surface area contributed by atoms with Gasteiger partial charge in [-0.2, -0.15) is 11.8 Å². The van der Waals surface area contributed by atoms with Crippen LogP contribution in [0.4, 0.5) is 5.82 Å². The van der Waals surface area contributed by atoms with E-state index in [1.165, 1.54) is 24.3 Å². The molecule has 0 unspecified atom stereocenters. The minimum Gasteiger partial charge on any atom is -0.363 e. The zero-order valence-corrected chi connectivity index (χ0v) is 14.9. The molecule has 2 aliphatic rings. The van der Waals surface area contributed by atoms with Crippen molar-refractivity contribution in [2.75, 3.05) is 56.7 Å². The third kappa shape index (κ3) is 3.98. The third-order valence-electron chi connectivity index (χ3n) is 4.76. The molecular weight excluding hydrogens is 308 g/mol. The zero-order valence-electron chi connectivity index (χ0n) is 14.1. The van der Waals surface area contributed by atoms with Gasteiger partial charge in [0.1, 0.15) is 5.82 Å². The largest absolute Gasteiger partial charge is 0.363 e. The maximum absolute atomic E-state index is 12.6. The van der Waals surface area contributed by atoms with Gasteiger partial charge in [-0.15, -0.1) is 0 Å². The predicted molar refractivity (Wildman–Crippen MR) is 96.4 cm³/mol. The number of hydrogen-bond acceptors (Lipinski definition) is 5. The molecule has 1 aromatic rings. The Hall–Kier alpha value is -1.27. The molecule has 0 spiro atoms. The number of carbonyl (C=O) groups is 1. The summed E-state index contributed by atoms with van der Waals surface area (Å²) in [4.78, 5) is 23.5. The molecule has 23 heavy (non-hydrogen) atoms. The molecule has 2 saturated heterocycles. The Balaban J connectivity index is 1.55. The molecule has 3 heterocycles. The number of pyridine rings is 1. The smallest absolute Gasteiger partial charge is 0.255 e. The van der Waals surface area contributed by atoms with Gasteiger partial charge in [0.15, 0.2) is 0 Å². The molecule has 126 valence electrons. The van der Waals surface area contributed by atoms with Gasteiger partial charge in [0, 0.05) is 52.5 Å². The summed E-state index contributed by atoms with van der Waals surface area (Å²) in [5.74, 6) is 3.56. The van der Waals surface area contributed by atoms with Crippen LogP contribution in [0, 0.1) is 0 Å². The van der Waals surface area contributed by atoms with E-state index < -0.39 is 0 Å². The van der Waals surface area contributed by atoms with Gasteiger partial charge in [-0.05, 0) is 36.5 Å². The van der Waals surface area contributed by atoms with Gasteiger partial charge in [-0.3, -0.25) is 9.69 Å². The van der Waals surface area contributed by atoms with Crippen LogP contribution in [0.5, 0.6) is 0 Å². The van der Waals surface area contributed by atoms with Crippen LogP contribution in [-0.4, -0.2) is 78.5 Å². The Morgan fingerprint density at radius 3 is 2.43 bits per heavy atom. The summed E-state index contributed by atoms with van der Waals surface area (Å²) in [5.41, 5.74) is 0.693. The Labute approximate surface area is 143 Å². The molecule has 2 fully saturated rings. The first-order valence-electron chi connectivity index (χ1n) is 8.39. The van der Waals surface area contributed by atoms with E-state index in [0.29, 0.717) is 5.56 Å². The van der Waals surface area contributed by atoms with Crippen molar-refractivity contribution in [3.63, 3.8) is 0 Å². The molecule has 0 N–H and O–H groups in total. The molecule has 1 aromatic heterocycles. The van der Waals surface area contributed by atoms with Gasteiger partial charge in [-0.25, -0.2) is 4.98 Å². The number of rotatable bonds is 3. The van der Waals surface area contributed by atoms with Crippen molar-refractivity contribution in [1.82, 2.24) is 14.8 Å². The summed E-state index contributed by atoms with van der Waals surface area (Å²) in [7, 11) is 3.90. The van der Waals surface area contributed by atoms with Crippen LogP contribution in [0.1, 0.15) is 23.2 Å². The number of piperazine rings is 1. The minimum atomic E-state index is 0.113. The second-order valence-electron chi connectivity index (χ2n) is 6.47. The lowest BCUT2D eigenvalue weighted by molar-refractivity contribution is 0.0559. The highest BCUT2D eigenvalue weighted by Gasteiger charge is 2.27. The molecule has 2 aliphatic heterocycles. The summed E-state index contributed by atoms with van der Waals surface area (Å²) < 4.78 is 0. The van der Waals surface area contributed by atoms with Gasteiger partial charge in [-0.1, -0.05) is 0 Å². The Morgan fingerprint density at radius 1 is 1.17 bits per heavy atom. The van der Waals surface area contributed by atoms with Crippen molar-refractivity contribution in [2.24, 2.45) is 0 Å². The van der Waals surface area contributed by atoms with E-state index >= 15 is 0 Å². The van der Waals surface area contributed by atoms with Crippen LogP contribution in [0.15, 0.2) is 18.3 Å². The van der Waals surface area contributed by atoms with Crippen LogP contribution in [-0.2, 0) is 0 Å². The van der Waals surface area contributed by atoms with Gasteiger partial charge in [0.25, 0.3) is 5.91 Å². The normalized spacial score (nSPS) is 20.5. The monoisotopic (exact) mass is 334 g/mol. The van der Waals surface area contributed by atoms with Crippen LogP contribution >= 0.6 is 11.8 Å². The molecule has 0 bridgehead atoms. The zero-order chi connectivity index (χ0) is 16.2. The number of carbonyl (C=O) groups excluding carboxylic acids is 1. The van der Waals surface area contributed by atoms with Crippen molar-refractivity contribution in [3.05, 3.63) is 23.9 Å². The lowest BCUT2D eigenvalue weighted by Gasteiger charge is -2.40. The van der Waals surface area contributed by atoms with Crippen molar-refractivity contribution in [2.45, 2.75) is 18.9 Å². The second kappa shape index (κ2) is 7.53. The fourth-order valence-corrected chi connectivity index (χ4v) is 4.38. The van der Waals surface area contributed by atoms with E-state index in [1.807, 2.05) is 36.0 Å². The Morgan fingerprint density at radius 2 is 1.87 bits per heavy atom. The molecule has 6 heteroatoms. The van der Waals surface area contributed by atoms with Crippen molar-refractivity contribution in [3.8, 4) is 0 Å². The van der Waals surface area contributed by atoms with E-state index in [2.05, 4.69) is 21.6 Å². The number of aromatic nitrogens is 1. The first-order chi connectivity index (χ1) is 11.1. The molecule has 0 saturated carbocycles. The third-order valence-corrected chi connectivity index (χ3v) is 5.81. The number of hydrogen-bond donors (Lipinski definition) is 0. The predicted octanol–water partition coefficient (Wildman–Crippen LogP) is 1.80. The van der Waals surface area contributed by atoms with Gasteiger partial charge in [0.2, 0.25) is 0 Å². The molecule has 0 radical (unpaired) electrons. The lowest BCUT2D eigenvalue weighted by atomic mass is 10.1. The van der Waals surface area contributed by atoms with Crippen LogP contribution < -0.4 is 4.90 Å². The van der Waals surface area contributed by atoms with E-state index in [9.17, 15) is 4.79 Å². The standard InChI is InChI=1S/C17H26N4OS/c1-19(2)16-4-3-14(13-18-16)17(22)21-9-7-20(8-10-21)15-5-11-23-12-6-15/h3-4,13,15H,5-12H2,1-2H3. The van der Waals surface area contributed by atoms with Crippen molar-refractivity contribution < 1.29 is 4.79 Å². The number of thioether (sulfide) groups is 1. The molecule has 5 nitrogen and oxygen atoms in total. The van der Waals surface area contributed by atoms with Crippen LogP contribution in [0.25, 0.3) is 0 Å². The average Bonchev–Trinajstić information content (AvgIpc) is 2.62. The van der Waals surface area contributed by atoms with Gasteiger partial charge >= 0.3 is 0 Å². The van der Waals surface area contributed by atoms with Crippen LogP contribution in [0.2, 0.25) is 0 Å². The number of anilines is 1. The first-order valence-corrected chi connectivity index (χ1v) is 9.55. The maximum atomic E-state index is 12.6. The van der Waals surface area contributed by atoms with Gasteiger partial charge in [0.05, 0.1) is 5.56 Å². The van der Waals surface area contributed by atoms with Gasteiger partial charge < -0.3 is 9.80 Å². The molecule has 3 rings (SSSR count). The fraction of sp³-hybridized carbons (Fsp3) is 0.647. The quantitative estimate of drug-likeness (QED) is 0.843. The van der Waals surface area contributed by atoms with E-state index in [0.717, 1.165) is 38.0 Å². The Bertz CT molecular complexity index is 520. The van der Waals surface area contributed by atoms with E-state index in [4.69, 9.17) is 0 Å². The molecule has 0 atom stereocenters. The summed E-state index contributed by atoms with van der Waals surface area (Å²) in [5, 5.41) is 0. The summed E-state index contributed by atoms with van der Waals surface area (Å²) >= 11 is 2.07. The van der Waals surface area contributed by atoms with Crippen molar-refractivity contribution in [1.29, 1.82) is 0 Å². The number of amides is 1. The highest BCUT2D eigenvalue weighted by atomic mass is 32.2. The Kier molecular flexibility index (Phi) is 5.43. The highest BCUT2D eigenvalue weighted by molar-refractivity contribution is 7.99. The highest BCUT2D eigenvalue weighted by Crippen LogP contribution is 2.23. The minimum absolute atomic E-state index is 0.113. The molecular formula is C17H26N4OS. The van der Waals surface area contributed by atoms with Crippen LogP contribution in [0.3, 0.4) is 0 Å². The summed E-state index contributed by atoms with van der Waals surface area (Å²) in [6, 6.07) is 4.52. The molecule has 0 aliphatic carbocycles. The first kappa shape index (κ1) is 16.6. The maximum Gasteiger partial charge on any atom is 0.255 e. The summed E-state index contributed by atoms with van der Waals surface area (Å²) in [6.07, 6.45) is 4.30. The summed E-state index contributed by atoms with van der Waals surface area (Å²) in [6.45, 7) is 3.67. The number of nitrogens with zero attached hydrogens (tertiary/aromatic N) is 4. The second-order valence-corrected chi connectivity index (χ2v) is 7.70. The molecule has 1 amide bonds. The molecule has 0 aromatic carbocycles. The van der Waals surface area contributed by atoms with E-state index in [-0.39, 0.29) is 5.91 Å². The average molecular weight is 334 g/mol. The topological polar surface area (TPSA) is 39.7 Å². The lowest BCUT2D eigenvalue weighted by Crippen LogP contribution is -2.52. The van der Waals surface area contributed by atoms with Crippen molar-refractivity contribution >= 4 is 23.5 Å².